The average molecular weight is 320 g/mol. The number of nitrogens with zero attached hydrogens (tertiary/aromatic N) is 3. The molecule has 1 aliphatic rings. The molecule has 1 atom stereocenters. The topological polar surface area (TPSA) is 88.3 Å². The Morgan fingerprint density at radius 2 is 2.27 bits per heavy atom. The van der Waals surface area contributed by atoms with E-state index in [0.717, 1.165) is 16.2 Å². The Labute approximate surface area is 131 Å². The number of thiophene rings is 1. The smallest absolute Gasteiger partial charge is 0.325 e. The Hall–Kier alpha value is -2.22. The molecular formula is C14H16N4O3S. The van der Waals surface area contributed by atoms with E-state index >= 15 is 0 Å². The second kappa shape index (κ2) is 5.53. The van der Waals surface area contributed by atoms with Crippen molar-refractivity contribution < 1.29 is 14.1 Å². The fraction of sp³-hybridized carbons (Fsp3) is 0.429. The molecule has 1 saturated heterocycles. The Bertz CT molecular complexity index is 697. The first-order valence-corrected chi connectivity index (χ1v) is 7.92. The molecule has 2 aromatic heterocycles. The summed E-state index contributed by atoms with van der Waals surface area (Å²) in [4.78, 5) is 30.9. The van der Waals surface area contributed by atoms with Gasteiger partial charge in [0.05, 0.1) is 0 Å². The molecule has 0 radical (unpaired) electrons. The molecule has 116 valence electrons. The summed E-state index contributed by atoms with van der Waals surface area (Å²) in [6, 6.07) is 3.23. The van der Waals surface area contributed by atoms with Crippen LogP contribution in [0, 0.1) is 0 Å². The third-order valence-corrected chi connectivity index (χ3v) is 4.66. The van der Waals surface area contributed by atoms with Crippen LogP contribution in [-0.4, -0.2) is 27.0 Å². The van der Waals surface area contributed by atoms with Gasteiger partial charge in [-0.25, -0.2) is 4.79 Å². The van der Waals surface area contributed by atoms with Gasteiger partial charge in [-0.1, -0.05) is 18.1 Å². The fourth-order valence-corrected chi connectivity index (χ4v) is 3.22. The Morgan fingerprint density at radius 3 is 2.95 bits per heavy atom. The second-order valence-corrected chi connectivity index (χ2v) is 6.23. The molecule has 1 N–H and O–H groups in total. The van der Waals surface area contributed by atoms with Crippen molar-refractivity contribution in [2.75, 3.05) is 0 Å². The second-order valence-electron chi connectivity index (χ2n) is 5.28. The standard InChI is InChI=1S/C14H16N4O3S/c1-3-5-10-15-11(21-17-10)8-18-12(19)14(2,16-13(18)20)9-6-4-7-22-9/h4,6-7H,3,5,8H2,1-2H3,(H,16,20). The molecule has 8 heteroatoms. The Kier molecular flexibility index (Phi) is 3.69. The van der Waals surface area contributed by atoms with E-state index < -0.39 is 11.6 Å². The van der Waals surface area contributed by atoms with Gasteiger partial charge in [-0.2, -0.15) is 4.98 Å². The van der Waals surface area contributed by atoms with E-state index in [1.807, 2.05) is 24.4 Å². The largest absolute Gasteiger partial charge is 0.337 e. The molecule has 1 aliphatic heterocycles. The Morgan fingerprint density at radius 1 is 1.45 bits per heavy atom. The van der Waals surface area contributed by atoms with E-state index in [9.17, 15) is 9.59 Å². The molecule has 3 rings (SSSR count). The van der Waals surface area contributed by atoms with Crippen LogP contribution in [0.5, 0.6) is 0 Å². The maximum Gasteiger partial charge on any atom is 0.325 e. The molecule has 1 fully saturated rings. The van der Waals surface area contributed by atoms with Crippen LogP contribution >= 0.6 is 11.3 Å². The number of amides is 3. The van der Waals surface area contributed by atoms with Gasteiger partial charge in [0.15, 0.2) is 11.4 Å². The summed E-state index contributed by atoms with van der Waals surface area (Å²) in [5.41, 5.74) is -1.03. The molecule has 1 unspecified atom stereocenters. The van der Waals surface area contributed by atoms with Crippen molar-refractivity contribution in [3.8, 4) is 0 Å². The molecule has 0 spiro atoms. The molecule has 0 saturated carbocycles. The lowest BCUT2D eigenvalue weighted by Crippen LogP contribution is -2.40. The van der Waals surface area contributed by atoms with Crippen LogP contribution in [0.15, 0.2) is 22.0 Å². The number of rotatable bonds is 5. The van der Waals surface area contributed by atoms with Crippen LogP contribution in [-0.2, 0) is 23.3 Å². The molecule has 3 amide bonds. The van der Waals surface area contributed by atoms with Gasteiger partial charge in [0.25, 0.3) is 5.91 Å². The van der Waals surface area contributed by atoms with Crippen molar-refractivity contribution >= 4 is 23.3 Å². The van der Waals surface area contributed by atoms with Gasteiger partial charge in [-0.15, -0.1) is 11.3 Å². The van der Waals surface area contributed by atoms with Crippen LogP contribution in [0.1, 0.15) is 36.9 Å². The Balaban J connectivity index is 1.79. The normalized spacial score (nSPS) is 21.5. The highest BCUT2D eigenvalue weighted by Crippen LogP contribution is 2.32. The van der Waals surface area contributed by atoms with E-state index in [1.54, 1.807) is 6.92 Å². The highest BCUT2D eigenvalue weighted by molar-refractivity contribution is 7.10. The number of carbonyl (C=O) groups is 2. The lowest BCUT2D eigenvalue weighted by molar-refractivity contribution is -0.131. The van der Waals surface area contributed by atoms with Gasteiger partial charge in [0, 0.05) is 11.3 Å². The molecule has 2 aromatic rings. The number of hydrogen-bond donors (Lipinski definition) is 1. The summed E-state index contributed by atoms with van der Waals surface area (Å²) in [5.74, 6) is 0.545. The summed E-state index contributed by atoms with van der Waals surface area (Å²) < 4.78 is 5.10. The zero-order valence-corrected chi connectivity index (χ0v) is 13.1. The third-order valence-electron chi connectivity index (χ3n) is 3.57. The predicted molar refractivity (Wildman–Crippen MR) is 79.0 cm³/mol. The number of hydrogen-bond acceptors (Lipinski definition) is 6. The van der Waals surface area contributed by atoms with E-state index in [2.05, 4.69) is 15.5 Å². The maximum atomic E-state index is 12.6. The highest BCUT2D eigenvalue weighted by Gasteiger charge is 2.50. The van der Waals surface area contributed by atoms with Crippen molar-refractivity contribution in [2.24, 2.45) is 0 Å². The van der Waals surface area contributed by atoms with Crippen molar-refractivity contribution in [1.82, 2.24) is 20.4 Å². The quantitative estimate of drug-likeness (QED) is 0.852. The van der Waals surface area contributed by atoms with Crippen LogP contribution in [0.2, 0.25) is 0 Å². The number of aryl methyl sites for hydroxylation is 1. The zero-order chi connectivity index (χ0) is 15.7. The van der Waals surface area contributed by atoms with Gasteiger partial charge >= 0.3 is 6.03 Å². The highest BCUT2D eigenvalue weighted by atomic mass is 32.1. The van der Waals surface area contributed by atoms with Crippen molar-refractivity contribution in [2.45, 2.75) is 38.8 Å². The minimum absolute atomic E-state index is 0.0116. The van der Waals surface area contributed by atoms with E-state index in [4.69, 9.17) is 4.52 Å². The maximum absolute atomic E-state index is 12.6. The summed E-state index contributed by atoms with van der Waals surface area (Å²) in [7, 11) is 0. The van der Waals surface area contributed by atoms with E-state index in [-0.39, 0.29) is 18.3 Å². The van der Waals surface area contributed by atoms with E-state index in [0.29, 0.717) is 12.2 Å². The average Bonchev–Trinajstić information content (AvgIpc) is 3.19. The first-order chi connectivity index (χ1) is 10.5. The summed E-state index contributed by atoms with van der Waals surface area (Å²) in [6.07, 6.45) is 1.61. The van der Waals surface area contributed by atoms with Crippen molar-refractivity contribution in [1.29, 1.82) is 0 Å². The van der Waals surface area contributed by atoms with Gasteiger partial charge in [0.2, 0.25) is 5.89 Å². The number of aromatic nitrogens is 2. The molecule has 7 nitrogen and oxygen atoms in total. The molecule has 22 heavy (non-hydrogen) atoms. The SMILES string of the molecule is CCCc1noc(CN2C(=O)NC(C)(c3cccs3)C2=O)n1. The predicted octanol–water partition coefficient (Wildman–Crippen LogP) is 2.05. The minimum atomic E-state index is -1.03. The van der Waals surface area contributed by atoms with Gasteiger partial charge in [0.1, 0.15) is 6.54 Å². The lowest BCUT2D eigenvalue weighted by Gasteiger charge is -2.19. The molecule has 0 aromatic carbocycles. The minimum Gasteiger partial charge on any atom is -0.337 e. The number of urea groups is 1. The van der Waals surface area contributed by atoms with Gasteiger partial charge in [-0.05, 0) is 24.8 Å². The molecular weight excluding hydrogens is 304 g/mol. The van der Waals surface area contributed by atoms with Gasteiger partial charge in [-0.3, -0.25) is 9.69 Å². The van der Waals surface area contributed by atoms with Crippen molar-refractivity contribution in [3.05, 3.63) is 34.1 Å². The number of nitrogens with one attached hydrogen (secondary N) is 1. The summed E-state index contributed by atoms with van der Waals surface area (Å²) >= 11 is 1.43. The molecule has 0 aliphatic carbocycles. The monoisotopic (exact) mass is 320 g/mol. The van der Waals surface area contributed by atoms with Crippen molar-refractivity contribution in [3.63, 3.8) is 0 Å². The summed E-state index contributed by atoms with van der Waals surface area (Å²) in [5, 5.41) is 8.45. The third kappa shape index (κ3) is 2.39. The molecule has 0 bridgehead atoms. The number of carbonyl (C=O) groups excluding carboxylic acids is 2. The first kappa shape index (κ1) is 14.7. The zero-order valence-electron chi connectivity index (χ0n) is 12.3. The first-order valence-electron chi connectivity index (χ1n) is 7.04. The number of imide groups is 1. The fourth-order valence-electron chi connectivity index (χ4n) is 2.39. The molecule has 3 heterocycles. The lowest BCUT2D eigenvalue weighted by atomic mass is 10.0. The van der Waals surface area contributed by atoms with Crippen LogP contribution < -0.4 is 5.32 Å². The van der Waals surface area contributed by atoms with Gasteiger partial charge < -0.3 is 9.84 Å². The van der Waals surface area contributed by atoms with Crippen LogP contribution in [0.25, 0.3) is 0 Å². The van der Waals surface area contributed by atoms with Crippen LogP contribution in [0.4, 0.5) is 4.79 Å². The van der Waals surface area contributed by atoms with E-state index in [1.165, 1.54) is 11.3 Å². The summed E-state index contributed by atoms with van der Waals surface area (Å²) in [6.45, 7) is 3.71. The van der Waals surface area contributed by atoms with Crippen LogP contribution in [0.3, 0.4) is 0 Å².